The zero-order valence-electron chi connectivity index (χ0n) is 11.4. The topological polar surface area (TPSA) is 74.7 Å². The van der Waals surface area contributed by atoms with Crippen molar-refractivity contribution in [3.05, 3.63) is 35.4 Å². The van der Waals surface area contributed by atoms with Gasteiger partial charge in [0.1, 0.15) is 5.78 Å². The van der Waals surface area contributed by atoms with E-state index in [2.05, 4.69) is 0 Å². The summed E-state index contributed by atoms with van der Waals surface area (Å²) in [6, 6.07) is 7.63. The number of likely N-dealkylation sites (tertiary alicyclic amines) is 1. The number of β-amino-alcohol motifs (C(OH)–C–C–N with tert-alkyl or cyclic N) is 1. The number of carbonyl (C=O) groups excluding carboxylic acids is 3. The Balaban J connectivity index is 1.87. The monoisotopic (exact) mass is 285 g/mol. The van der Waals surface area contributed by atoms with E-state index in [1.807, 2.05) is 24.3 Å². The van der Waals surface area contributed by atoms with Crippen LogP contribution >= 0.6 is 0 Å². The minimum absolute atomic E-state index is 0.0225. The van der Waals surface area contributed by atoms with Crippen molar-refractivity contribution in [2.24, 2.45) is 11.8 Å². The van der Waals surface area contributed by atoms with Gasteiger partial charge in [-0.2, -0.15) is 0 Å². The van der Waals surface area contributed by atoms with E-state index in [0.717, 1.165) is 16.0 Å². The lowest BCUT2D eigenvalue weighted by Crippen LogP contribution is -2.44. The summed E-state index contributed by atoms with van der Waals surface area (Å²) in [6.07, 6.45) is 0.342. The standard InChI is InChI=1S/C16H15NO4/c18-6-5-17-15(20)13-10-7-11(19)12(14(13)16(17)21)9-4-2-1-3-8(9)10/h1-4,10,12-14,18H,5-7H2/t10-,12+,13-,14-/m1/s1. The molecule has 1 aromatic rings. The molecule has 1 aromatic carbocycles. The second-order valence-electron chi connectivity index (χ2n) is 5.99. The summed E-state index contributed by atoms with van der Waals surface area (Å²) in [5.41, 5.74) is 1.95. The number of ketones is 1. The second-order valence-corrected chi connectivity index (χ2v) is 5.99. The van der Waals surface area contributed by atoms with Crippen LogP contribution < -0.4 is 0 Å². The van der Waals surface area contributed by atoms with Gasteiger partial charge < -0.3 is 5.11 Å². The van der Waals surface area contributed by atoms with E-state index in [1.54, 1.807) is 0 Å². The van der Waals surface area contributed by atoms with Crippen LogP contribution in [0.25, 0.3) is 0 Å². The van der Waals surface area contributed by atoms with Crippen LogP contribution in [0.2, 0.25) is 0 Å². The van der Waals surface area contributed by atoms with Crippen LogP contribution in [0.15, 0.2) is 24.3 Å². The molecule has 108 valence electrons. The van der Waals surface area contributed by atoms with Crippen molar-refractivity contribution >= 4 is 17.6 Å². The quantitative estimate of drug-likeness (QED) is 0.800. The Morgan fingerprint density at radius 2 is 1.71 bits per heavy atom. The predicted molar refractivity (Wildman–Crippen MR) is 72.3 cm³/mol. The number of aliphatic hydroxyl groups excluding tert-OH is 1. The fraction of sp³-hybridized carbons (Fsp3) is 0.438. The summed E-state index contributed by atoms with van der Waals surface area (Å²) < 4.78 is 0. The van der Waals surface area contributed by atoms with Crippen molar-refractivity contribution in [3.63, 3.8) is 0 Å². The molecule has 5 rings (SSSR count). The molecule has 1 saturated carbocycles. The molecule has 2 amide bonds. The van der Waals surface area contributed by atoms with Crippen molar-refractivity contribution in [1.29, 1.82) is 0 Å². The second kappa shape index (κ2) is 4.24. The number of aliphatic hydroxyl groups is 1. The number of amides is 2. The minimum Gasteiger partial charge on any atom is -0.395 e. The zero-order chi connectivity index (χ0) is 14.7. The van der Waals surface area contributed by atoms with Crippen LogP contribution in [0.5, 0.6) is 0 Å². The molecule has 1 N–H and O–H groups in total. The van der Waals surface area contributed by atoms with E-state index in [0.29, 0.717) is 6.42 Å². The van der Waals surface area contributed by atoms with E-state index in [1.165, 1.54) is 0 Å². The number of rotatable bonds is 2. The third-order valence-corrected chi connectivity index (χ3v) is 5.10. The molecule has 2 fully saturated rings. The van der Waals surface area contributed by atoms with Crippen molar-refractivity contribution in [3.8, 4) is 0 Å². The van der Waals surface area contributed by atoms with Gasteiger partial charge in [0.15, 0.2) is 0 Å². The largest absolute Gasteiger partial charge is 0.395 e. The maximum absolute atomic E-state index is 12.5. The molecule has 5 nitrogen and oxygen atoms in total. The van der Waals surface area contributed by atoms with Gasteiger partial charge in [0, 0.05) is 12.3 Å². The van der Waals surface area contributed by atoms with Gasteiger partial charge >= 0.3 is 0 Å². The van der Waals surface area contributed by atoms with Crippen molar-refractivity contribution in [2.45, 2.75) is 18.3 Å². The Bertz CT molecular complexity index is 668. The summed E-state index contributed by atoms with van der Waals surface area (Å²) in [5, 5.41) is 9.06. The fourth-order valence-corrected chi connectivity index (χ4v) is 4.34. The molecule has 3 aliphatic carbocycles. The molecule has 5 heteroatoms. The molecule has 2 bridgehead atoms. The van der Waals surface area contributed by atoms with Crippen molar-refractivity contribution in [1.82, 2.24) is 4.90 Å². The Kier molecular flexibility index (Phi) is 2.57. The van der Waals surface area contributed by atoms with Crippen LogP contribution in [-0.2, 0) is 14.4 Å². The van der Waals surface area contributed by atoms with Gasteiger partial charge in [-0.15, -0.1) is 0 Å². The van der Waals surface area contributed by atoms with Gasteiger partial charge in [0.05, 0.1) is 30.9 Å². The van der Waals surface area contributed by atoms with Crippen LogP contribution in [0.3, 0.4) is 0 Å². The molecule has 1 aliphatic heterocycles. The van der Waals surface area contributed by atoms with E-state index in [-0.39, 0.29) is 36.7 Å². The first-order chi connectivity index (χ1) is 10.1. The summed E-state index contributed by atoms with van der Waals surface area (Å²) in [5.74, 6) is -2.13. The van der Waals surface area contributed by atoms with Gasteiger partial charge in [0.25, 0.3) is 0 Å². The highest BCUT2D eigenvalue weighted by Gasteiger charge is 2.62. The summed E-state index contributed by atoms with van der Waals surface area (Å²) >= 11 is 0. The number of hydrogen-bond donors (Lipinski definition) is 1. The smallest absolute Gasteiger partial charge is 0.234 e. The van der Waals surface area contributed by atoms with Gasteiger partial charge in [0.2, 0.25) is 11.8 Å². The van der Waals surface area contributed by atoms with Gasteiger partial charge in [-0.3, -0.25) is 19.3 Å². The first-order valence-corrected chi connectivity index (χ1v) is 7.22. The number of hydrogen-bond acceptors (Lipinski definition) is 4. The lowest BCUT2D eigenvalue weighted by Gasteiger charge is -2.43. The molecule has 1 heterocycles. The molecule has 0 spiro atoms. The SMILES string of the molecule is O=C1C[C@@H]2c3ccccc3[C@@H]1[C@H]1C(=O)N(CCO)C(=O)[C@@H]12. The van der Waals surface area contributed by atoms with E-state index < -0.39 is 17.8 Å². The number of fused-ring (bicyclic) bond motifs is 1. The van der Waals surface area contributed by atoms with Crippen molar-refractivity contribution < 1.29 is 19.5 Å². The number of nitrogens with zero attached hydrogens (tertiary/aromatic N) is 1. The maximum atomic E-state index is 12.5. The normalized spacial score (nSPS) is 33.4. The highest BCUT2D eigenvalue weighted by molar-refractivity contribution is 6.11. The summed E-state index contributed by atoms with van der Waals surface area (Å²) in [6.45, 7) is -0.220. The zero-order valence-corrected chi connectivity index (χ0v) is 11.4. The highest BCUT2D eigenvalue weighted by atomic mass is 16.3. The average Bonchev–Trinajstić information content (AvgIpc) is 2.74. The number of imide groups is 1. The maximum Gasteiger partial charge on any atom is 0.234 e. The number of carbonyl (C=O) groups is 3. The van der Waals surface area contributed by atoms with Crippen molar-refractivity contribution in [2.75, 3.05) is 13.2 Å². The van der Waals surface area contributed by atoms with Crippen LogP contribution in [0.1, 0.15) is 29.4 Å². The number of Topliss-reactive ketones (excluding diaryl/α,β-unsaturated/α-hetero) is 1. The Labute approximate surface area is 121 Å². The van der Waals surface area contributed by atoms with E-state index in [9.17, 15) is 14.4 Å². The minimum atomic E-state index is -0.565. The van der Waals surface area contributed by atoms with Gasteiger partial charge in [-0.1, -0.05) is 24.3 Å². The Hall–Kier alpha value is -2.01. The highest BCUT2D eigenvalue weighted by Crippen LogP contribution is 2.57. The third-order valence-electron chi connectivity index (χ3n) is 5.10. The lowest BCUT2D eigenvalue weighted by molar-refractivity contribution is -0.141. The third kappa shape index (κ3) is 1.47. The van der Waals surface area contributed by atoms with Gasteiger partial charge in [-0.05, 0) is 11.1 Å². The molecule has 0 unspecified atom stereocenters. The van der Waals surface area contributed by atoms with E-state index >= 15 is 0 Å². The average molecular weight is 285 g/mol. The summed E-state index contributed by atoms with van der Waals surface area (Å²) in [4.78, 5) is 38.5. The summed E-state index contributed by atoms with van der Waals surface area (Å²) in [7, 11) is 0. The van der Waals surface area contributed by atoms with Crippen LogP contribution in [-0.4, -0.2) is 40.8 Å². The number of benzene rings is 1. The molecule has 21 heavy (non-hydrogen) atoms. The Morgan fingerprint density at radius 3 is 2.43 bits per heavy atom. The van der Waals surface area contributed by atoms with Crippen LogP contribution in [0, 0.1) is 11.8 Å². The molecular weight excluding hydrogens is 270 g/mol. The Morgan fingerprint density at radius 1 is 1.05 bits per heavy atom. The molecule has 0 radical (unpaired) electrons. The molecule has 4 atom stereocenters. The van der Waals surface area contributed by atoms with Gasteiger partial charge in [-0.25, -0.2) is 0 Å². The molecule has 1 saturated heterocycles. The molecular formula is C16H15NO4. The fourth-order valence-electron chi connectivity index (χ4n) is 4.34. The molecule has 0 aromatic heterocycles. The first kappa shape index (κ1) is 12.7. The van der Waals surface area contributed by atoms with E-state index in [4.69, 9.17) is 5.11 Å². The first-order valence-electron chi connectivity index (χ1n) is 7.22. The predicted octanol–water partition coefficient (Wildman–Crippen LogP) is 0.434. The lowest BCUT2D eigenvalue weighted by atomic mass is 9.56. The van der Waals surface area contributed by atoms with Crippen LogP contribution in [0.4, 0.5) is 0 Å². The molecule has 4 aliphatic rings.